The van der Waals surface area contributed by atoms with E-state index in [9.17, 15) is 9.59 Å². The molecule has 2 aliphatic rings. The van der Waals surface area contributed by atoms with Crippen LogP contribution in [0, 0.1) is 25.7 Å². The number of Topliss-reactive ketones (excluding diaryl/α,β-unsaturated/α-hetero) is 1. The number of rotatable bonds is 4. The molecule has 1 aliphatic carbocycles. The van der Waals surface area contributed by atoms with Crippen molar-refractivity contribution in [2.75, 3.05) is 6.54 Å². The number of hydrogen-bond acceptors (Lipinski definition) is 2. The molecule has 1 amide bonds. The Morgan fingerprint density at radius 1 is 1.18 bits per heavy atom. The van der Waals surface area contributed by atoms with Gasteiger partial charge in [-0.3, -0.25) is 9.59 Å². The lowest BCUT2D eigenvalue weighted by molar-refractivity contribution is -0.135. The molecule has 1 saturated carbocycles. The van der Waals surface area contributed by atoms with Gasteiger partial charge in [0.05, 0.1) is 6.04 Å². The van der Waals surface area contributed by atoms with E-state index in [-0.39, 0.29) is 23.7 Å². The largest absolute Gasteiger partial charge is 0.332 e. The van der Waals surface area contributed by atoms with Crippen molar-refractivity contribution in [2.24, 2.45) is 11.8 Å². The molecule has 0 N–H and O–H groups in total. The summed E-state index contributed by atoms with van der Waals surface area (Å²) in [4.78, 5) is 27.5. The summed E-state index contributed by atoms with van der Waals surface area (Å²) in [6, 6.07) is 5.73. The number of amides is 1. The Morgan fingerprint density at radius 3 is 2.59 bits per heavy atom. The third-order valence-electron chi connectivity index (χ3n) is 5.22. The van der Waals surface area contributed by atoms with Gasteiger partial charge in [0.2, 0.25) is 5.91 Å². The molecule has 3 rings (SSSR count). The standard InChI is InChI=1S/C19H25NO2/c1-12-6-7-13(2)16(11-12)18(21)17-5-4-10-20(17)19(22)14(3)15-8-9-15/h6-7,11,14-15,17H,4-5,8-10H2,1-3H3. The summed E-state index contributed by atoms with van der Waals surface area (Å²) in [7, 11) is 0. The highest BCUT2D eigenvalue weighted by Crippen LogP contribution is 2.38. The summed E-state index contributed by atoms with van der Waals surface area (Å²) < 4.78 is 0. The van der Waals surface area contributed by atoms with Gasteiger partial charge in [0.1, 0.15) is 0 Å². The molecule has 1 heterocycles. The molecule has 1 saturated heterocycles. The van der Waals surface area contributed by atoms with E-state index in [1.807, 2.05) is 43.9 Å². The van der Waals surface area contributed by atoms with Crippen LogP contribution in [-0.2, 0) is 4.79 Å². The molecule has 0 radical (unpaired) electrons. The maximum Gasteiger partial charge on any atom is 0.226 e. The van der Waals surface area contributed by atoms with Crippen molar-refractivity contribution in [1.82, 2.24) is 4.90 Å². The van der Waals surface area contributed by atoms with E-state index in [1.165, 1.54) is 0 Å². The van der Waals surface area contributed by atoms with Crippen LogP contribution in [-0.4, -0.2) is 29.2 Å². The van der Waals surface area contributed by atoms with Crippen molar-refractivity contribution < 1.29 is 9.59 Å². The van der Waals surface area contributed by atoms with Crippen LogP contribution in [0.1, 0.15) is 54.1 Å². The van der Waals surface area contributed by atoms with Crippen molar-refractivity contribution in [3.8, 4) is 0 Å². The Bertz CT molecular complexity index is 603. The van der Waals surface area contributed by atoms with Crippen molar-refractivity contribution >= 4 is 11.7 Å². The first kappa shape index (κ1) is 15.3. The zero-order chi connectivity index (χ0) is 15.9. The summed E-state index contributed by atoms with van der Waals surface area (Å²) in [5.41, 5.74) is 2.88. The SMILES string of the molecule is Cc1ccc(C)c(C(=O)C2CCCN2C(=O)C(C)C2CC2)c1. The van der Waals surface area contributed by atoms with Gasteiger partial charge >= 0.3 is 0 Å². The molecular formula is C19H25NO2. The molecule has 3 nitrogen and oxygen atoms in total. The molecule has 2 atom stereocenters. The van der Waals surface area contributed by atoms with Crippen LogP contribution >= 0.6 is 0 Å². The van der Waals surface area contributed by atoms with Crippen molar-refractivity contribution in [3.05, 3.63) is 34.9 Å². The number of hydrogen-bond donors (Lipinski definition) is 0. The van der Waals surface area contributed by atoms with Gasteiger partial charge in [-0.1, -0.05) is 24.6 Å². The molecule has 2 fully saturated rings. The van der Waals surface area contributed by atoms with Crippen molar-refractivity contribution in [1.29, 1.82) is 0 Å². The van der Waals surface area contributed by atoms with Crippen LogP contribution in [0.3, 0.4) is 0 Å². The minimum Gasteiger partial charge on any atom is -0.332 e. The number of ketones is 1. The highest BCUT2D eigenvalue weighted by Gasteiger charge is 2.40. The Balaban J connectivity index is 1.81. The Hall–Kier alpha value is -1.64. The first-order valence-electron chi connectivity index (χ1n) is 8.41. The number of carbonyl (C=O) groups excluding carboxylic acids is 2. The lowest BCUT2D eigenvalue weighted by atomic mass is 9.95. The topological polar surface area (TPSA) is 37.4 Å². The molecule has 0 bridgehead atoms. The first-order valence-corrected chi connectivity index (χ1v) is 8.41. The highest BCUT2D eigenvalue weighted by molar-refractivity contribution is 6.03. The first-order chi connectivity index (χ1) is 10.5. The second-order valence-electron chi connectivity index (χ2n) is 7.00. The highest BCUT2D eigenvalue weighted by atomic mass is 16.2. The third-order valence-corrected chi connectivity index (χ3v) is 5.22. The summed E-state index contributed by atoms with van der Waals surface area (Å²) in [6.07, 6.45) is 4.06. The maximum absolute atomic E-state index is 12.9. The minimum absolute atomic E-state index is 0.0759. The van der Waals surface area contributed by atoms with Crippen LogP contribution in [0.5, 0.6) is 0 Å². The molecule has 0 aromatic heterocycles. The lowest BCUT2D eigenvalue weighted by Gasteiger charge is -2.27. The zero-order valence-corrected chi connectivity index (χ0v) is 13.8. The number of carbonyl (C=O) groups is 2. The molecule has 1 aromatic rings. The van der Waals surface area contributed by atoms with E-state index >= 15 is 0 Å². The average molecular weight is 299 g/mol. The monoisotopic (exact) mass is 299 g/mol. The van der Waals surface area contributed by atoms with Gasteiger partial charge in [0.25, 0.3) is 0 Å². The number of benzene rings is 1. The van der Waals surface area contributed by atoms with Gasteiger partial charge in [0.15, 0.2) is 5.78 Å². The van der Waals surface area contributed by atoms with E-state index in [0.717, 1.165) is 48.9 Å². The van der Waals surface area contributed by atoms with Gasteiger partial charge in [-0.2, -0.15) is 0 Å². The second kappa shape index (κ2) is 5.86. The Labute approximate surface area is 132 Å². The van der Waals surface area contributed by atoms with E-state index < -0.39 is 0 Å². The normalized spacial score (nSPS) is 22.7. The molecule has 2 unspecified atom stereocenters. The Morgan fingerprint density at radius 2 is 1.91 bits per heavy atom. The predicted octanol–water partition coefficient (Wildman–Crippen LogP) is 3.52. The fourth-order valence-electron chi connectivity index (χ4n) is 3.54. The van der Waals surface area contributed by atoms with Crippen LogP contribution in [0.2, 0.25) is 0 Å². The summed E-state index contributed by atoms with van der Waals surface area (Å²) in [5.74, 6) is 0.926. The van der Waals surface area contributed by atoms with Gasteiger partial charge in [-0.05, 0) is 57.1 Å². The fraction of sp³-hybridized carbons (Fsp3) is 0.579. The van der Waals surface area contributed by atoms with Gasteiger partial charge in [0, 0.05) is 18.0 Å². The van der Waals surface area contributed by atoms with Gasteiger partial charge in [-0.15, -0.1) is 0 Å². The van der Waals surface area contributed by atoms with Gasteiger partial charge < -0.3 is 4.90 Å². The van der Waals surface area contributed by atoms with Crippen molar-refractivity contribution in [3.63, 3.8) is 0 Å². The van der Waals surface area contributed by atoms with E-state index in [4.69, 9.17) is 0 Å². The van der Waals surface area contributed by atoms with Crippen LogP contribution in [0.25, 0.3) is 0 Å². The molecular weight excluding hydrogens is 274 g/mol. The van der Waals surface area contributed by atoms with Crippen molar-refractivity contribution in [2.45, 2.75) is 52.5 Å². The number of nitrogens with zero attached hydrogens (tertiary/aromatic N) is 1. The predicted molar refractivity (Wildman–Crippen MR) is 86.9 cm³/mol. The summed E-state index contributed by atoms with van der Waals surface area (Å²) >= 11 is 0. The lowest BCUT2D eigenvalue weighted by Crippen LogP contribution is -2.43. The Kier molecular flexibility index (Phi) is 4.07. The minimum atomic E-state index is -0.255. The molecule has 1 aliphatic heterocycles. The maximum atomic E-state index is 12.9. The van der Waals surface area contributed by atoms with E-state index in [2.05, 4.69) is 0 Å². The molecule has 1 aromatic carbocycles. The number of aryl methyl sites for hydroxylation is 2. The summed E-state index contributed by atoms with van der Waals surface area (Å²) in [5, 5.41) is 0. The quantitative estimate of drug-likeness (QED) is 0.798. The zero-order valence-electron chi connectivity index (χ0n) is 13.8. The molecule has 118 valence electrons. The average Bonchev–Trinajstić information content (AvgIpc) is 3.24. The smallest absolute Gasteiger partial charge is 0.226 e. The molecule has 22 heavy (non-hydrogen) atoms. The third kappa shape index (κ3) is 2.81. The fourth-order valence-corrected chi connectivity index (χ4v) is 3.54. The van der Waals surface area contributed by atoms with Crippen LogP contribution in [0.4, 0.5) is 0 Å². The number of likely N-dealkylation sites (tertiary alicyclic amines) is 1. The van der Waals surface area contributed by atoms with E-state index in [1.54, 1.807) is 0 Å². The van der Waals surface area contributed by atoms with Crippen LogP contribution < -0.4 is 0 Å². The van der Waals surface area contributed by atoms with E-state index in [0.29, 0.717) is 5.92 Å². The summed E-state index contributed by atoms with van der Waals surface area (Å²) in [6.45, 7) is 6.73. The second-order valence-corrected chi connectivity index (χ2v) is 7.00. The molecule has 0 spiro atoms. The molecule has 3 heteroatoms. The van der Waals surface area contributed by atoms with Crippen LogP contribution in [0.15, 0.2) is 18.2 Å². The van der Waals surface area contributed by atoms with Gasteiger partial charge in [-0.25, -0.2) is 0 Å².